The van der Waals surface area contributed by atoms with Gasteiger partial charge in [0.2, 0.25) is 5.88 Å². The van der Waals surface area contributed by atoms with Gasteiger partial charge in [-0.05, 0) is 18.2 Å². The van der Waals surface area contributed by atoms with Crippen molar-refractivity contribution in [1.29, 1.82) is 0 Å². The van der Waals surface area contributed by atoms with Crippen molar-refractivity contribution in [1.82, 2.24) is 4.98 Å². The van der Waals surface area contributed by atoms with Gasteiger partial charge in [-0.15, -0.1) is 0 Å². The number of aromatic amines is 1. The highest BCUT2D eigenvalue weighted by molar-refractivity contribution is 6.35. The molecule has 2 aromatic rings. The van der Waals surface area contributed by atoms with Crippen LogP contribution in [0.5, 0.6) is 11.6 Å². The van der Waals surface area contributed by atoms with Gasteiger partial charge < -0.3 is 4.74 Å². The molecular formula is C12H5Cl2F3N2O4. The summed E-state index contributed by atoms with van der Waals surface area (Å²) in [4.78, 5) is 22.6. The number of halogens is 5. The second-order valence-corrected chi connectivity index (χ2v) is 5.00. The number of alkyl halides is 3. The first-order valence-corrected chi connectivity index (χ1v) is 6.47. The summed E-state index contributed by atoms with van der Waals surface area (Å²) in [6.07, 6.45) is -5.00. The third kappa shape index (κ3) is 3.74. The minimum absolute atomic E-state index is 0.0952. The van der Waals surface area contributed by atoms with Gasteiger partial charge >= 0.3 is 17.4 Å². The van der Waals surface area contributed by atoms with Crippen LogP contribution in [0.1, 0.15) is 5.56 Å². The van der Waals surface area contributed by atoms with Crippen LogP contribution in [-0.4, -0.2) is 9.91 Å². The maximum absolute atomic E-state index is 13.0. The van der Waals surface area contributed by atoms with E-state index < -0.39 is 33.8 Å². The van der Waals surface area contributed by atoms with E-state index in [0.29, 0.717) is 0 Å². The largest absolute Gasteiger partial charge is 0.439 e. The van der Waals surface area contributed by atoms with E-state index in [0.717, 1.165) is 0 Å². The fourth-order valence-electron chi connectivity index (χ4n) is 1.60. The molecule has 0 fully saturated rings. The monoisotopic (exact) mass is 368 g/mol. The number of aromatic nitrogens is 1. The highest BCUT2D eigenvalue weighted by Crippen LogP contribution is 2.39. The summed E-state index contributed by atoms with van der Waals surface area (Å²) in [7, 11) is 0. The Kier molecular flexibility index (Phi) is 4.53. The maximum Gasteiger partial charge on any atom is 0.421 e. The molecule has 0 bridgehead atoms. The molecule has 0 atom stereocenters. The van der Waals surface area contributed by atoms with Gasteiger partial charge in [0.05, 0.1) is 9.95 Å². The normalized spacial score (nSPS) is 11.3. The van der Waals surface area contributed by atoms with Gasteiger partial charge in [0.25, 0.3) is 0 Å². The van der Waals surface area contributed by atoms with Crippen molar-refractivity contribution in [2.75, 3.05) is 0 Å². The molecule has 122 valence electrons. The van der Waals surface area contributed by atoms with E-state index in [-0.39, 0.29) is 21.9 Å². The van der Waals surface area contributed by atoms with Crippen LogP contribution in [-0.2, 0) is 6.18 Å². The summed E-state index contributed by atoms with van der Waals surface area (Å²) in [5.41, 5.74) is -4.12. The topological polar surface area (TPSA) is 85.2 Å². The van der Waals surface area contributed by atoms with Crippen LogP contribution in [0.3, 0.4) is 0 Å². The van der Waals surface area contributed by atoms with Crippen molar-refractivity contribution in [2.24, 2.45) is 0 Å². The van der Waals surface area contributed by atoms with Gasteiger partial charge in [-0.3, -0.25) is 19.9 Å². The van der Waals surface area contributed by atoms with Crippen LogP contribution in [0.25, 0.3) is 0 Å². The lowest BCUT2D eigenvalue weighted by atomic mass is 10.2. The minimum Gasteiger partial charge on any atom is -0.439 e. The van der Waals surface area contributed by atoms with Crippen molar-refractivity contribution in [3.05, 3.63) is 60.3 Å². The van der Waals surface area contributed by atoms with Crippen LogP contribution in [0.2, 0.25) is 10.0 Å². The molecule has 6 nitrogen and oxygen atoms in total. The zero-order chi connectivity index (χ0) is 17.4. The first-order valence-electron chi connectivity index (χ1n) is 5.71. The number of nitrogens with one attached hydrogen (secondary N) is 1. The molecule has 23 heavy (non-hydrogen) atoms. The van der Waals surface area contributed by atoms with Gasteiger partial charge in [-0.2, -0.15) is 13.2 Å². The van der Waals surface area contributed by atoms with Gasteiger partial charge in [-0.1, -0.05) is 23.2 Å². The molecule has 0 saturated carbocycles. The Morgan fingerprint density at radius 2 is 1.87 bits per heavy atom. The minimum atomic E-state index is -5.00. The Balaban J connectivity index is 2.59. The molecule has 0 radical (unpaired) electrons. The Hall–Kier alpha value is -2.26. The molecule has 0 saturated heterocycles. The number of hydrogen-bond acceptors (Lipinski definition) is 4. The van der Waals surface area contributed by atoms with Crippen molar-refractivity contribution < 1.29 is 22.8 Å². The van der Waals surface area contributed by atoms with E-state index in [1.54, 1.807) is 4.98 Å². The third-order valence-corrected chi connectivity index (χ3v) is 3.12. The molecule has 1 heterocycles. The van der Waals surface area contributed by atoms with E-state index in [1.165, 1.54) is 18.2 Å². The Bertz CT molecular complexity index is 836. The predicted molar refractivity (Wildman–Crippen MR) is 75.3 cm³/mol. The Morgan fingerprint density at radius 1 is 1.22 bits per heavy atom. The second kappa shape index (κ2) is 6.09. The number of H-pyrrole nitrogens is 1. The summed E-state index contributed by atoms with van der Waals surface area (Å²) in [6.45, 7) is 0. The zero-order valence-corrected chi connectivity index (χ0v) is 12.3. The summed E-state index contributed by atoms with van der Waals surface area (Å²) >= 11 is 11.4. The average molecular weight is 369 g/mol. The first kappa shape index (κ1) is 17.1. The molecule has 0 aliphatic rings. The van der Waals surface area contributed by atoms with E-state index in [4.69, 9.17) is 27.9 Å². The van der Waals surface area contributed by atoms with Gasteiger partial charge in [0.1, 0.15) is 11.3 Å². The highest BCUT2D eigenvalue weighted by Gasteiger charge is 2.38. The van der Waals surface area contributed by atoms with Gasteiger partial charge in [0.15, 0.2) is 0 Å². The van der Waals surface area contributed by atoms with Gasteiger partial charge in [-0.25, -0.2) is 0 Å². The number of ether oxygens (including phenoxy) is 1. The lowest BCUT2D eigenvalue weighted by Crippen LogP contribution is -2.18. The van der Waals surface area contributed by atoms with Crippen LogP contribution in [0.15, 0.2) is 29.1 Å². The third-order valence-electron chi connectivity index (χ3n) is 2.59. The fraction of sp³-hybridized carbons (Fsp3) is 0.0833. The smallest absolute Gasteiger partial charge is 0.421 e. The quantitative estimate of drug-likeness (QED) is 0.642. The summed E-state index contributed by atoms with van der Waals surface area (Å²) < 4.78 is 44.0. The fourth-order valence-corrected chi connectivity index (χ4v) is 2.04. The zero-order valence-electron chi connectivity index (χ0n) is 10.8. The van der Waals surface area contributed by atoms with Crippen LogP contribution >= 0.6 is 23.2 Å². The lowest BCUT2D eigenvalue weighted by molar-refractivity contribution is -0.386. The molecule has 1 aromatic carbocycles. The van der Waals surface area contributed by atoms with Crippen molar-refractivity contribution in [2.45, 2.75) is 6.18 Å². The van der Waals surface area contributed by atoms with Gasteiger partial charge in [0, 0.05) is 11.1 Å². The summed E-state index contributed by atoms with van der Waals surface area (Å²) in [5.74, 6) is -1.23. The van der Waals surface area contributed by atoms with E-state index >= 15 is 0 Å². The molecule has 0 unspecified atom stereocenters. The number of pyridine rings is 1. The molecular weight excluding hydrogens is 364 g/mol. The number of nitrogens with zero attached hydrogens (tertiary/aromatic N) is 1. The molecule has 0 amide bonds. The second-order valence-electron chi connectivity index (χ2n) is 4.16. The number of rotatable bonds is 3. The van der Waals surface area contributed by atoms with Crippen molar-refractivity contribution >= 4 is 28.9 Å². The Labute approximate surface area is 135 Å². The maximum atomic E-state index is 13.0. The lowest BCUT2D eigenvalue weighted by Gasteiger charge is -2.13. The predicted octanol–water partition coefficient (Wildman–Crippen LogP) is 4.40. The van der Waals surface area contributed by atoms with E-state index in [1.807, 2.05) is 0 Å². The number of benzene rings is 1. The highest BCUT2D eigenvalue weighted by atomic mass is 35.5. The number of hydrogen-bond donors (Lipinski definition) is 1. The Morgan fingerprint density at radius 3 is 2.39 bits per heavy atom. The van der Waals surface area contributed by atoms with Crippen LogP contribution < -0.4 is 10.3 Å². The van der Waals surface area contributed by atoms with Crippen LogP contribution in [0.4, 0.5) is 18.9 Å². The van der Waals surface area contributed by atoms with Crippen molar-refractivity contribution in [3.8, 4) is 11.6 Å². The molecule has 1 N–H and O–H groups in total. The summed E-state index contributed by atoms with van der Waals surface area (Å²) in [5, 5.41) is 10.7. The standard InChI is InChI=1S/C12H5Cl2F3N2O4/c13-5-1-2-9(7(14)3-5)23-11-6(12(15,16)17)4-8(19(21)22)10(20)18-11/h1-4H,(H,18,20). The number of nitro groups is 1. The summed E-state index contributed by atoms with van der Waals surface area (Å²) in [6, 6.07) is 3.80. The molecule has 11 heteroatoms. The average Bonchev–Trinajstić information content (AvgIpc) is 2.40. The first-order chi connectivity index (χ1) is 10.6. The van der Waals surface area contributed by atoms with Crippen LogP contribution in [0, 0.1) is 10.1 Å². The SMILES string of the molecule is O=c1[nH]c(Oc2ccc(Cl)cc2Cl)c(C(F)(F)F)cc1[N+](=O)[O-]. The van der Waals surface area contributed by atoms with Crippen molar-refractivity contribution in [3.63, 3.8) is 0 Å². The van der Waals surface area contributed by atoms with E-state index in [2.05, 4.69) is 0 Å². The molecule has 0 aliphatic carbocycles. The van der Waals surface area contributed by atoms with E-state index in [9.17, 15) is 28.1 Å². The molecule has 0 aliphatic heterocycles. The molecule has 1 aromatic heterocycles. The molecule has 2 rings (SSSR count). The molecule has 0 spiro atoms.